The van der Waals surface area contributed by atoms with Gasteiger partial charge in [-0.15, -0.1) is 0 Å². The molecule has 2 heterocycles. The second-order valence-electron chi connectivity index (χ2n) is 8.07. The van der Waals surface area contributed by atoms with Gasteiger partial charge in [0.1, 0.15) is 6.10 Å². The summed E-state index contributed by atoms with van der Waals surface area (Å²) >= 11 is 0. The number of nitrogens with zero attached hydrogens (tertiary/aromatic N) is 1. The summed E-state index contributed by atoms with van der Waals surface area (Å²) in [6.45, 7) is 4.79. The van der Waals surface area contributed by atoms with Crippen LogP contribution >= 0.6 is 0 Å². The highest BCUT2D eigenvalue weighted by molar-refractivity contribution is 6.06. The highest BCUT2D eigenvalue weighted by Crippen LogP contribution is 2.38. The van der Waals surface area contributed by atoms with Crippen LogP contribution in [0.15, 0.2) is 12.1 Å². The van der Waals surface area contributed by atoms with Crippen LogP contribution in [-0.4, -0.2) is 37.4 Å². The Morgan fingerprint density at radius 2 is 1.93 bits per heavy atom. The Bertz CT molecular complexity index is 768. The molecule has 1 aliphatic carbocycles. The van der Waals surface area contributed by atoms with E-state index in [-0.39, 0.29) is 34.9 Å². The summed E-state index contributed by atoms with van der Waals surface area (Å²) < 4.78 is 31.1. The Kier molecular flexibility index (Phi) is 5.27. The summed E-state index contributed by atoms with van der Waals surface area (Å²) in [7, 11) is 0. The van der Waals surface area contributed by atoms with Gasteiger partial charge in [-0.1, -0.05) is 6.92 Å². The Morgan fingerprint density at radius 1 is 1.18 bits per heavy atom. The third kappa shape index (κ3) is 3.60. The maximum Gasteiger partial charge on any atom is 0.342 e. The van der Waals surface area contributed by atoms with E-state index in [0.717, 1.165) is 25.7 Å². The minimum Gasteiger partial charge on any atom is -0.485 e. The minimum atomic E-state index is -0.763. The summed E-state index contributed by atoms with van der Waals surface area (Å²) in [5, 5.41) is 0. The highest BCUT2D eigenvalue weighted by Gasteiger charge is 2.39. The molecule has 0 radical (unpaired) electrons. The third-order valence-corrected chi connectivity index (χ3v) is 5.95. The van der Waals surface area contributed by atoms with Crippen LogP contribution in [0.2, 0.25) is 0 Å². The van der Waals surface area contributed by atoms with Gasteiger partial charge in [-0.05, 0) is 44.6 Å². The Hall–Kier alpha value is -2.15. The zero-order chi connectivity index (χ0) is 19.8. The molecule has 1 saturated carbocycles. The Morgan fingerprint density at radius 3 is 2.61 bits per heavy atom. The van der Waals surface area contributed by atoms with Crippen molar-refractivity contribution in [1.82, 2.24) is 0 Å². The van der Waals surface area contributed by atoms with Gasteiger partial charge in [-0.2, -0.15) is 0 Å². The second-order valence-corrected chi connectivity index (χ2v) is 8.07. The number of benzene rings is 1. The van der Waals surface area contributed by atoms with Gasteiger partial charge in [0.2, 0.25) is 5.91 Å². The molecule has 0 N–H and O–H groups in total. The zero-order valence-corrected chi connectivity index (χ0v) is 16.3. The number of hydrogen-bond acceptors (Lipinski definition) is 5. The van der Waals surface area contributed by atoms with Crippen molar-refractivity contribution in [2.24, 2.45) is 11.8 Å². The molecule has 1 amide bonds. The molecule has 7 heteroatoms. The first-order chi connectivity index (χ1) is 13.4. The van der Waals surface area contributed by atoms with Gasteiger partial charge in [0.25, 0.3) is 0 Å². The molecule has 1 aromatic carbocycles. The van der Waals surface area contributed by atoms with E-state index < -0.39 is 18.0 Å². The largest absolute Gasteiger partial charge is 0.485 e. The van der Waals surface area contributed by atoms with Crippen molar-refractivity contribution in [3.63, 3.8) is 0 Å². The molecule has 2 aliphatic heterocycles. The van der Waals surface area contributed by atoms with Crippen molar-refractivity contribution in [2.75, 3.05) is 18.1 Å². The average molecular weight is 391 g/mol. The van der Waals surface area contributed by atoms with Crippen LogP contribution in [0.3, 0.4) is 0 Å². The number of anilines is 1. The first-order valence-electron chi connectivity index (χ1n) is 10.1. The van der Waals surface area contributed by atoms with Gasteiger partial charge in [0, 0.05) is 18.4 Å². The number of rotatable bonds is 3. The Balaban J connectivity index is 1.63. The molecule has 0 spiro atoms. The number of halogens is 1. The third-order valence-electron chi connectivity index (χ3n) is 5.95. The molecule has 2 unspecified atom stereocenters. The van der Waals surface area contributed by atoms with E-state index >= 15 is 0 Å². The van der Waals surface area contributed by atoms with E-state index in [9.17, 15) is 14.0 Å². The predicted molar refractivity (Wildman–Crippen MR) is 99.7 cm³/mol. The molecular formula is C21H26FNO5. The maximum atomic E-state index is 14.8. The zero-order valence-electron chi connectivity index (χ0n) is 16.3. The highest BCUT2D eigenvalue weighted by atomic mass is 19.1. The van der Waals surface area contributed by atoms with Crippen LogP contribution in [0.25, 0.3) is 0 Å². The predicted octanol–water partition coefficient (Wildman–Crippen LogP) is 3.67. The lowest BCUT2D eigenvalue weighted by Gasteiger charge is -2.38. The molecule has 2 atom stereocenters. The number of cyclic esters (lactones) is 1. The number of carbonyl (C=O) groups is 2. The fraction of sp³-hybridized carbons (Fsp3) is 0.619. The van der Waals surface area contributed by atoms with Crippen LogP contribution in [0.4, 0.5) is 10.1 Å². The van der Waals surface area contributed by atoms with Crippen molar-refractivity contribution in [2.45, 2.75) is 58.3 Å². The standard InChI is InChI=1S/C21H26FNO5/c1-12-3-5-14(6-4-12)20(24)23-13(2)27-21(25)16-9-19(17(22)10-18(16)23)28-15-7-8-26-11-15/h9-10,12-15H,3-8,11H2,1-2H3/t12-,13?,14-,15?. The van der Waals surface area contributed by atoms with Gasteiger partial charge in [-0.3, -0.25) is 9.69 Å². The number of esters is 1. The number of amides is 1. The molecular weight excluding hydrogens is 365 g/mol. The van der Waals surface area contributed by atoms with Crippen LogP contribution in [0, 0.1) is 17.7 Å². The van der Waals surface area contributed by atoms with E-state index in [0.29, 0.717) is 25.6 Å². The second kappa shape index (κ2) is 7.70. The summed E-state index contributed by atoms with van der Waals surface area (Å²) in [5.74, 6) is -0.799. The molecule has 2 fully saturated rings. The van der Waals surface area contributed by atoms with Crippen LogP contribution in [0.1, 0.15) is 56.3 Å². The van der Waals surface area contributed by atoms with Crippen LogP contribution in [-0.2, 0) is 14.3 Å². The normalized spacial score (nSPS) is 30.0. The lowest BCUT2D eigenvalue weighted by molar-refractivity contribution is -0.125. The van der Waals surface area contributed by atoms with Crippen molar-refractivity contribution in [1.29, 1.82) is 0 Å². The average Bonchev–Trinajstić information content (AvgIpc) is 3.16. The monoisotopic (exact) mass is 391 g/mol. The van der Waals surface area contributed by atoms with Crippen LogP contribution in [0.5, 0.6) is 5.75 Å². The van der Waals surface area contributed by atoms with E-state index in [1.54, 1.807) is 6.92 Å². The van der Waals surface area contributed by atoms with Crippen molar-refractivity contribution >= 4 is 17.6 Å². The quantitative estimate of drug-likeness (QED) is 0.736. The van der Waals surface area contributed by atoms with Crippen molar-refractivity contribution < 1.29 is 28.2 Å². The van der Waals surface area contributed by atoms with E-state index in [1.165, 1.54) is 17.0 Å². The molecule has 1 aromatic rings. The van der Waals surface area contributed by atoms with Crippen molar-refractivity contribution in [3.8, 4) is 5.75 Å². The maximum absolute atomic E-state index is 14.8. The van der Waals surface area contributed by atoms with Gasteiger partial charge in [0.05, 0.1) is 24.5 Å². The Labute approximate surface area is 163 Å². The number of ether oxygens (including phenoxy) is 3. The van der Waals surface area contributed by atoms with Gasteiger partial charge in [0.15, 0.2) is 17.8 Å². The number of fused-ring (bicyclic) bond motifs is 1. The topological polar surface area (TPSA) is 65.1 Å². The lowest BCUT2D eigenvalue weighted by atomic mass is 9.82. The molecule has 152 valence electrons. The van der Waals surface area contributed by atoms with E-state index in [1.807, 2.05) is 0 Å². The fourth-order valence-corrected chi connectivity index (χ4v) is 4.25. The lowest BCUT2D eigenvalue weighted by Crippen LogP contribution is -2.48. The summed E-state index contributed by atoms with van der Waals surface area (Å²) in [4.78, 5) is 27.0. The smallest absolute Gasteiger partial charge is 0.342 e. The van der Waals surface area contributed by atoms with E-state index in [2.05, 4.69) is 6.92 Å². The molecule has 28 heavy (non-hydrogen) atoms. The molecule has 6 nitrogen and oxygen atoms in total. The van der Waals surface area contributed by atoms with Crippen molar-refractivity contribution in [3.05, 3.63) is 23.5 Å². The van der Waals surface area contributed by atoms with Gasteiger partial charge < -0.3 is 14.2 Å². The molecule has 4 rings (SSSR count). The summed E-state index contributed by atoms with van der Waals surface area (Å²) in [5.41, 5.74) is 0.422. The number of carbonyl (C=O) groups excluding carboxylic acids is 2. The first kappa shape index (κ1) is 19.2. The minimum absolute atomic E-state index is 0.0142. The first-order valence-corrected chi connectivity index (χ1v) is 10.1. The summed E-state index contributed by atoms with van der Waals surface area (Å²) in [6, 6.07) is 2.57. The SMILES string of the molecule is CC1OC(=O)c2cc(OC3CCOC3)c(F)cc2N1C(=O)[C@H]1CC[C@H](C)CC1. The summed E-state index contributed by atoms with van der Waals surface area (Å²) in [6.07, 6.45) is 3.26. The molecule has 3 aliphatic rings. The number of hydrogen-bond donors (Lipinski definition) is 0. The van der Waals surface area contributed by atoms with Crippen LogP contribution < -0.4 is 9.64 Å². The van der Waals surface area contributed by atoms with Gasteiger partial charge in [-0.25, -0.2) is 9.18 Å². The molecule has 0 bridgehead atoms. The molecule has 0 aromatic heterocycles. The fourth-order valence-electron chi connectivity index (χ4n) is 4.25. The van der Waals surface area contributed by atoms with E-state index in [4.69, 9.17) is 14.2 Å². The molecule has 1 saturated heterocycles. The van der Waals surface area contributed by atoms with Gasteiger partial charge >= 0.3 is 5.97 Å².